The van der Waals surface area contributed by atoms with E-state index in [2.05, 4.69) is 11.4 Å². The van der Waals surface area contributed by atoms with Gasteiger partial charge in [0, 0.05) is 11.6 Å². The Morgan fingerprint density at radius 1 is 1.43 bits per heavy atom. The molecular formula is C17H25FN2O. The first-order valence-corrected chi connectivity index (χ1v) is 7.46. The molecule has 0 saturated carbocycles. The van der Waals surface area contributed by atoms with Crippen molar-refractivity contribution in [1.29, 1.82) is 5.26 Å². The number of hydrogen-bond acceptors (Lipinski definition) is 3. The highest BCUT2D eigenvalue weighted by atomic mass is 19.1. The third-order valence-electron chi connectivity index (χ3n) is 3.45. The molecule has 1 rings (SSSR count). The Morgan fingerprint density at radius 3 is 2.76 bits per heavy atom. The highest BCUT2D eigenvalue weighted by Crippen LogP contribution is 2.27. The van der Waals surface area contributed by atoms with Crippen molar-refractivity contribution in [2.24, 2.45) is 5.41 Å². The fourth-order valence-electron chi connectivity index (χ4n) is 2.16. The molecule has 0 aliphatic rings. The molecule has 0 heterocycles. The summed E-state index contributed by atoms with van der Waals surface area (Å²) in [7, 11) is 0. The van der Waals surface area contributed by atoms with Gasteiger partial charge >= 0.3 is 0 Å². The lowest BCUT2D eigenvalue weighted by molar-refractivity contribution is 0.279. The van der Waals surface area contributed by atoms with E-state index >= 15 is 0 Å². The minimum Gasteiger partial charge on any atom is -0.493 e. The van der Waals surface area contributed by atoms with Gasteiger partial charge in [0.15, 0.2) is 0 Å². The average molecular weight is 292 g/mol. The summed E-state index contributed by atoms with van der Waals surface area (Å²) < 4.78 is 19.2. The Balaban J connectivity index is 2.64. The fourth-order valence-corrected chi connectivity index (χ4v) is 2.16. The lowest BCUT2D eigenvalue weighted by Crippen LogP contribution is -2.19. The summed E-state index contributed by atoms with van der Waals surface area (Å²) in [5, 5.41) is 12.2. The van der Waals surface area contributed by atoms with E-state index in [0.717, 1.165) is 24.9 Å². The molecule has 3 nitrogen and oxygen atoms in total. The predicted octanol–water partition coefficient (Wildman–Crippen LogP) is 4.20. The molecule has 0 saturated heterocycles. The second kappa shape index (κ2) is 7.99. The lowest BCUT2D eigenvalue weighted by Gasteiger charge is -2.19. The lowest BCUT2D eigenvalue weighted by atomic mass is 9.90. The van der Waals surface area contributed by atoms with Crippen molar-refractivity contribution in [3.05, 3.63) is 29.6 Å². The van der Waals surface area contributed by atoms with Crippen LogP contribution in [0.1, 0.15) is 52.1 Å². The first-order chi connectivity index (χ1) is 9.89. The summed E-state index contributed by atoms with van der Waals surface area (Å²) in [5.41, 5.74) is 0.503. The van der Waals surface area contributed by atoms with Gasteiger partial charge in [0.2, 0.25) is 0 Å². The molecule has 1 aromatic carbocycles. The van der Waals surface area contributed by atoms with Crippen LogP contribution in [0.3, 0.4) is 0 Å². The van der Waals surface area contributed by atoms with Gasteiger partial charge < -0.3 is 10.1 Å². The summed E-state index contributed by atoms with van der Waals surface area (Å²) >= 11 is 0. The van der Waals surface area contributed by atoms with Crippen LogP contribution < -0.4 is 10.1 Å². The minimum atomic E-state index is -0.327. The number of nitrogens with one attached hydrogen (secondary N) is 1. The zero-order valence-electron chi connectivity index (χ0n) is 13.4. The highest BCUT2D eigenvalue weighted by molar-refractivity contribution is 5.36. The van der Waals surface area contributed by atoms with Gasteiger partial charge in [0.1, 0.15) is 11.6 Å². The molecule has 1 unspecified atom stereocenters. The van der Waals surface area contributed by atoms with Crippen LogP contribution in [0.25, 0.3) is 0 Å². The molecule has 0 aliphatic carbocycles. The smallest absolute Gasteiger partial charge is 0.124 e. The van der Waals surface area contributed by atoms with E-state index < -0.39 is 0 Å². The average Bonchev–Trinajstić information content (AvgIpc) is 2.45. The SMILES string of the molecule is CCNC(C)c1cc(F)ccc1OCCCC(C)(C)C#N. The van der Waals surface area contributed by atoms with Gasteiger partial charge in [0.05, 0.1) is 18.1 Å². The fraction of sp³-hybridized carbons (Fsp3) is 0.588. The van der Waals surface area contributed by atoms with Crippen LogP contribution in [0.5, 0.6) is 5.75 Å². The van der Waals surface area contributed by atoms with Gasteiger partial charge in [-0.25, -0.2) is 4.39 Å². The molecule has 4 heteroatoms. The molecule has 0 fully saturated rings. The summed E-state index contributed by atoms with van der Waals surface area (Å²) in [6.45, 7) is 9.19. The Bertz CT molecular complexity index is 494. The standard InChI is InChI=1S/C17H25FN2O/c1-5-20-13(2)15-11-14(18)7-8-16(15)21-10-6-9-17(3,4)12-19/h7-8,11,13,20H,5-6,9-10H2,1-4H3. The van der Waals surface area contributed by atoms with Crippen molar-refractivity contribution in [2.45, 2.75) is 46.6 Å². The van der Waals surface area contributed by atoms with E-state index in [9.17, 15) is 4.39 Å². The first kappa shape index (κ1) is 17.5. The Labute approximate surface area is 127 Å². The second-order valence-corrected chi connectivity index (χ2v) is 5.91. The predicted molar refractivity (Wildman–Crippen MR) is 82.6 cm³/mol. The number of nitrogens with zero attached hydrogens (tertiary/aromatic N) is 1. The van der Waals surface area contributed by atoms with Crippen LogP contribution in [0, 0.1) is 22.6 Å². The maximum atomic E-state index is 13.4. The van der Waals surface area contributed by atoms with Crippen molar-refractivity contribution >= 4 is 0 Å². The number of benzene rings is 1. The molecule has 0 bridgehead atoms. The van der Waals surface area contributed by atoms with Crippen LogP contribution >= 0.6 is 0 Å². The molecule has 0 spiro atoms. The molecular weight excluding hydrogens is 267 g/mol. The van der Waals surface area contributed by atoms with Crippen LogP contribution in [-0.4, -0.2) is 13.2 Å². The van der Waals surface area contributed by atoms with Crippen molar-refractivity contribution in [3.8, 4) is 11.8 Å². The maximum Gasteiger partial charge on any atom is 0.124 e. The quantitative estimate of drug-likeness (QED) is 0.730. The molecule has 1 N–H and O–H groups in total. The highest BCUT2D eigenvalue weighted by Gasteiger charge is 2.16. The van der Waals surface area contributed by atoms with Crippen molar-refractivity contribution in [2.75, 3.05) is 13.2 Å². The van der Waals surface area contributed by atoms with Crippen LogP contribution in [-0.2, 0) is 0 Å². The van der Waals surface area contributed by atoms with Gasteiger partial charge in [-0.2, -0.15) is 5.26 Å². The van der Waals surface area contributed by atoms with Gasteiger partial charge in [-0.1, -0.05) is 6.92 Å². The van der Waals surface area contributed by atoms with Crippen molar-refractivity contribution < 1.29 is 9.13 Å². The normalized spacial score (nSPS) is 12.8. The zero-order chi connectivity index (χ0) is 15.9. The largest absolute Gasteiger partial charge is 0.493 e. The number of rotatable bonds is 8. The van der Waals surface area contributed by atoms with Crippen LogP contribution in [0.15, 0.2) is 18.2 Å². The molecule has 0 amide bonds. The number of nitriles is 1. The zero-order valence-corrected chi connectivity index (χ0v) is 13.4. The van der Waals surface area contributed by atoms with Gasteiger partial charge in [0.25, 0.3) is 0 Å². The molecule has 0 radical (unpaired) electrons. The Hall–Kier alpha value is -1.60. The number of hydrogen-bond donors (Lipinski definition) is 1. The van der Waals surface area contributed by atoms with Crippen LogP contribution in [0.4, 0.5) is 4.39 Å². The third kappa shape index (κ3) is 5.73. The van der Waals surface area contributed by atoms with E-state index in [-0.39, 0.29) is 17.3 Å². The maximum absolute atomic E-state index is 13.4. The molecule has 0 aromatic heterocycles. The third-order valence-corrected chi connectivity index (χ3v) is 3.45. The molecule has 0 aliphatic heterocycles. The molecule has 116 valence electrons. The van der Waals surface area contributed by atoms with E-state index in [1.165, 1.54) is 12.1 Å². The molecule has 21 heavy (non-hydrogen) atoms. The number of halogens is 1. The van der Waals surface area contributed by atoms with Gasteiger partial charge in [-0.3, -0.25) is 0 Å². The first-order valence-electron chi connectivity index (χ1n) is 7.46. The summed E-state index contributed by atoms with van der Waals surface area (Å²) in [4.78, 5) is 0. The molecule has 1 aromatic rings. The Kier molecular flexibility index (Phi) is 6.64. The summed E-state index contributed by atoms with van der Waals surface area (Å²) in [6, 6.07) is 6.92. The minimum absolute atomic E-state index is 0.0382. The van der Waals surface area contributed by atoms with Gasteiger partial charge in [-0.15, -0.1) is 0 Å². The second-order valence-electron chi connectivity index (χ2n) is 5.91. The molecule has 1 atom stereocenters. The summed E-state index contributed by atoms with van der Waals surface area (Å²) in [6.07, 6.45) is 1.58. The van der Waals surface area contributed by atoms with E-state index in [0.29, 0.717) is 12.4 Å². The van der Waals surface area contributed by atoms with Gasteiger partial charge in [-0.05, 0) is 58.4 Å². The van der Waals surface area contributed by atoms with E-state index in [4.69, 9.17) is 10.00 Å². The van der Waals surface area contributed by atoms with Crippen molar-refractivity contribution in [1.82, 2.24) is 5.32 Å². The van der Waals surface area contributed by atoms with E-state index in [1.807, 2.05) is 27.7 Å². The van der Waals surface area contributed by atoms with Crippen molar-refractivity contribution in [3.63, 3.8) is 0 Å². The summed E-state index contributed by atoms with van der Waals surface area (Å²) in [5.74, 6) is 0.451. The topological polar surface area (TPSA) is 45.0 Å². The number of ether oxygens (including phenoxy) is 1. The van der Waals surface area contributed by atoms with E-state index in [1.54, 1.807) is 6.07 Å². The van der Waals surface area contributed by atoms with Crippen LogP contribution in [0.2, 0.25) is 0 Å². The monoisotopic (exact) mass is 292 g/mol. The Morgan fingerprint density at radius 2 is 2.14 bits per heavy atom.